The highest BCUT2D eigenvalue weighted by molar-refractivity contribution is 6.07. The van der Waals surface area contributed by atoms with Crippen LogP contribution in [0.3, 0.4) is 0 Å². The van der Waals surface area contributed by atoms with Crippen molar-refractivity contribution in [3.63, 3.8) is 0 Å². The molecule has 0 aliphatic heterocycles. The zero-order chi connectivity index (χ0) is 15.4. The zero-order valence-corrected chi connectivity index (χ0v) is 11.2. The number of carboxylic acid groups (broad SMARTS) is 1. The second-order valence-corrected chi connectivity index (χ2v) is 4.15. The van der Waals surface area contributed by atoms with Crippen molar-refractivity contribution in [2.75, 3.05) is 13.7 Å². The van der Waals surface area contributed by atoms with Crippen molar-refractivity contribution in [2.45, 2.75) is 0 Å². The summed E-state index contributed by atoms with van der Waals surface area (Å²) in [5, 5.41) is 11.8. The summed E-state index contributed by atoms with van der Waals surface area (Å²) >= 11 is 0. The number of fused-ring (bicyclic) bond motifs is 1. The lowest BCUT2D eigenvalue weighted by atomic mass is 10.2. The standard InChI is InChI=1S/C13H14N4O4/c1-15-13(14)17-12(20)8-5-7-3-2-4-9(11(7)16-8)21-6-10(18)19/h2-5,16H,6H2,1H3,(H,18,19)(H3,14,15,17,20). The number of rotatable bonds is 4. The molecule has 0 saturated heterocycles. The van der Waals surface area contributed by atoms with Gasteiger partial charge in [-0.15, -0.1) is 0 Å². The molecule has 0 radical (unpaired) electrons. The second kappa shape index (κ2) is 5.95. The molecule has 2 rings (SSSR count). The van der Waals surface area contributed by atoms with E-state index in [0.29, 0.717) is 11.3 Å². The molecule has 1 aromatic heterocycles. The lowest BCUT2D eigenvalue weighted by molar-refractivity contribution is -0.139. The molecule has 1 aromatic carbocycles. The number of carbonyl (C=O) groups excluding carboxylic acids is 1. The van der Waals surface area contributed by atoms with Gasteiger partial charge in [0.05, 0.1) is 5.52 Å². The number of hydrogen-bond donors (Lipinski definition) is 4. The lowest BCUT2D eigenvalue weighted by Gasteiger charge is -2.04. The smallest absolute Gasteiger partial charge is 0.341 e. The number of guanidine groups is 1. The average Bonchev–Trinajstić information content (AvgIpc) is 2.89. The number of nitrogens with zero attached hydrogens (tertiary/aromatic N) is 1. The van der Waals surface area contributed by atoms with Crippen molar-refractivity contribution in [2.24, 2.45) is 10.7 Å². The van der Waals surface area contributed by atoms with E-state index >= 15 is 0 Å². The van der Waals surface area contributed by atoms with E-state index in [2.05, 4.69) is 15.3 Å². The van der Waals surface area contributed by atoms with Gasteiger partial charge in [-0.05, 0) is 12.1 Å². The number of benzene rings is 1. The summed E-state index contributed by atoms with van der Waals surface area (Å²) in [7, 11) is 1.46. The van der Waals surface area contributed by atoms with Gasteiger partial charge < -0.3 is 20.6 Å². The quantitative estimate of drug-likeness (QED) is 0.475. The summed E-state index contributed by atoms with van der Waals surface area (Å²) in [5.41, 5.74) is 6.24. The van der Waals surface area contributed by atoms with E-state index in [4.69, 9.17) is 15.6 Å². The van der Waals surface area contributed by atoms with Crippen LogP contribution < -0.4 is 15.8 Å². The molecule has 0 bridgehead atoms. The van der Waals surface area contributed by atoms with E-state index in [-0.39, 0.29) is 11.7 Å². The Morgan fingerprint density at radius 1 is 1.48 bits per heavy atom. The molecule has 1 amide bonds. The molecule has 2 aromatic rings. The first kappa shape index (κ1) is 14.4. The number of ether oxygens (including phenoxy) is 1. The number of para-hydroxylation sites is 1. The Kier molecular flexibility index (Phi) is 4.07. The predicted octanol–water partition coefficient (Wildman–Crippen LogP) is 0.306. The second-order valence-electron chi connectivity index (χ2n) is 4.15. The van der Waals surface area contributed by atoms with Crippen LogP contribution in [0.1, 0.15) is 10.5 Å². The van der Waals surface area contributed by atoms with Crippen LogP contribution in [0.5, 0.6) is 5.75 Å². The topological polar surface area (TPSA) is 130 Å². The first-order valence-electron chi connectivity index (χ1n) is 6.01. The van der Waals surface area contributed by atoms with Crippen LogP contribution in [0.2, 0.25) is 0 Å². The van der Waals surface area contributed by atoms with Gasteiger partial charge in [-0.2, -0.15) is 0 Å². The molecular weight excluding hydrogens is 276 g/mol. The molecule has 110 valence electrons. The van der Waals surface area contributed by atoms with Gasteiger partial charge in [-0.25, -0.2) is 4.79 Å². The van der Waals surface area contributed by atoms with Gasteiger partial charge in [0.2, 0.25) is 0 Å². The van der Waals surface area contributed by atoms with Crippen molar-refractivity contribution in [3.05, 3.63) is 30.0 Å². The summed E-state index contributed by atoms with van der Waals surface area (Å²) in [5.74, 6) is -1.17. The van der Waals surface area contributed by atoms with Gasteiger partial charge >= 0.3 is 5.97 Å². The number of amides is 1. The molecule has 5 N–H and O–H groups in total. The minimum atomic E-state index is -1.08. The van der Waals surface area contributed by atoms with Crippen LogP contribution in [0.4, 0.5) is 0 Å². The summed E-state index contributed by atoms with van der Waals surface area (Å²) < 4.78 is 5.17. The van der Waals surface area contributed by atoms with Crippen molar-refractivity contribution < 1.29 is 19.4 Å². The van der Waals surface area contributed by atoms with E-state index in [9.17, 15) is 9.59 Å². The number of carbonyl (C=O) groups is 2. The van der Waals surface area contributed by atoms with Gasteiger partial charge in [-0.3, -0.25) is 15.1 Å². The molecule has 0 spiro atoms. The van der Waals surface area contributed by atoms with Crippen molar-refractivity contribution in [3.8, 4) is 5.75 Å². The van der Waals surface area contributed by atoms with Gasteiger partial charge in [0.1, 0.15) is 11.4 Å². The monoisotopic (exact) mass is 290 g/mol. The van der Waals surface area contributed by atoms with Crippen LogP contribution in [0.25, 0.3) is 10.9 Å². The third kappa shape index (κ3) is 3.30. The maximum atomic E-state index is 11.9. The molecular formula is C13H14N4O4. The summed E-state index contributed by atoms with van der Waals surface area (Å²) in [6.45, 7) is -0.463. The van der Waals surface area contributed by atoms with Gasteiger partial charge in [0, 0.05) is 12.4 Å². The predicted molar refractivity (Wildman–Crippen MR) is 76.4 cm³/mol. The Labute approximate surface area is 119 Å². The normalized spacial score (nSPS) is 11.4. The van der Waals surface area contributed by atoms with E-state index < -0.39 is 18.5 Å². The number of nitrogens with one attached hydrogen (secondary N) is 2. The van der Waals surface area contributed by atoms with Crippen molar-refractivity contribution >= 4 is 28.7 Å². The highest BCUT2D eigenvalue weighted by atomic mass is 16.5. The first-order valence-corrected chi connectivity index (χ1v) is 6.01. The average molecular weight is 290 g/mol. The largest absolute Gasteiger partial charge is 0.480 e. The minimum absolute atomic E-state index is 0.000932. The fourth-order valence-corrected chi connectivity index (χ4v) is 1.75. The number of aromatic nitrogens is 1. The number of H-pyrrole nitrogens is 1. The van der Waals surface area contributed by atoms with Crippen LogP contribution in [0, 0.1) is 0 Å². The third-order valence-electron chi connectivity index (χ3n) is 2.70. The van der Waals surface area contributed by atoms with E-state index in [1.54, 1.807) is 24.3 Å². The summed E-state index contributed by atoms with van der Waals surface area (Å²) in [4.78, 5) is 29.0. The Bertz CT molecular complexity index is 720. The minimum Gasteiger partial charge on any atom is -0.480 e. The summed E-state index contributed by atoms with van der Waals surface area (Å²) in [6.07, 6.45) is 0. The fourth-order valence-electron chi connectivity index (χ4n) is 1.75. The van der Waals surface area contributed by atoms with Crippen molar-refractivity contribution in [1.29, 1.82) is 0 Å². The number of aliphatic carboxylic acids is 1. The maximum Gasteiger partial charge on any atom is 0.341 e. The Morgan fingerprint density at radius 3 is 2.90 bits per heavy atom. The molecule has 8 nitrogen and oxygen atoms in total. The number of nitrogens with two attached hydrogens (primary N) is 1. The fraction of sp³-hybridized carbons (Fsp3) is 0.154. The van der Waals surface area contributed by atoms with E-state index in [1.807, 2.05) is 0 Å². The van der Waals surface area contributed by atoms with E-state index in [0.717, 1.165) is 5.39 Å². The lowest BCUT2D eigenvalue weighted by Crippen LogP contribution is -2.36. The van der Waals surface area contributed by atoms with E-state index in [1.165, 1.54) is 7.05 Å². The molecule has 1 heterocycles. The Morgan fingerprint density at radius 2 is 2.24 bits per heavy atom. The Balaban J connectivity index is 2.30. The maximum absolute atomic E-state index is 11.9. The first-order chi connectivity index (χ1) is 10.0. The van der Waals surface area contributed by atoms with Crippen molar-refractivity contribution in [1.82, 2.24) is 10.3 Å². The molecule has 0 aliphatic rings. The molecule has 8 heteroatoms. The number of carboxylic acids is 1. The number of hydrogen-bond acceptors (Lipinski definition) is 4. The van der Waals surface area contributed by atoms with Gasteiger partial charge in [-0.1, -0.05) is 12.1 Å². The SMILES string of the molecule is CN=C(N)NC(=O)c1cc2cccc(OCC(=O)O)c2[nH]1. The Hall–Kier alpha value is -3.03. The number of aromatic amines is 1. The zero-order valence-electron chi connectivity index (χ0n) is 11.2. The molecule has 21 heavy (non-hydrogen) atoms. The van der Waals surface area contributed by atoms with Crippen LogP contribution in [0.15, 0.2) is 29.3 Å². The molecule has 0 atom stereocenters. The molecule has 0 aliphatic carbocycles. The van der Waals surface area contributed by atoms with Gasteiger partial charge in [0.15, 0.2) is 12.6 Å². The highest BCUT2D eigenvalue weighted by Gasteiger charge is 2.13. The van der Waals surface area contributed by atoms with Crippen LogP contribution >= 0.6 is 0 Å². The molecule has 0 fully saturated rings. The molecule has 0 saturated carbocycles. The number of aliphatic imine (C=N–C) groups is 1. The molecule has 0 unspecified atom stereocenters. The van der Waals surface area contributed by atoms with Crippen LogP contribution in [-0.4, -0.2) is 41.6 Å². The highest BCUT2D eigenvalue weighted by Crippen LogP contribution is 2.25. The third-order valence-corrected chi connectivity index (χ3v) is 2.70. The van der Waals surface area contributed by atoms with Gasteiger partial charge in [0.25, 0.3) is 5.91 Å². The van der Waals surface area contributed by atoms with Crippen LogP contribution in [-0.2, 0) is 4.79 Å². The summed E-state index contributed by atoms with van der Waals surface area (Å²) in [6, 6.07) is 6.71.